The first kappa shape index (κ1) is 65.5. The van der Waals surface area contributed by atoms with Crippen molar-refractivity contribution < 1.29 is 24.2 Å². The SMILES string of the molecule is CC/C=C\C/C=C\C/C=C\C/C=C\C/C=C\C/C=C\C/C=C\C/C=C\C/C=C\C/C=C\C/C=C\CCCCCCCCCC(=O)OC(CO)COC(=O)CCCCCCC/C=C\C/C=C\CCCCC. The Morgan fingerprint density at radius 1 is 0.343 bits per heavy atom. The van der Waals surface area contributed by atoms with Crippen LogP contribution in [0.4, 0.5) is 0 Å². The fraction of sp³-hybridized carbons (Fsp3) is 0.569. The van der Waals surface area contributed by atoms with Gasteiger partial charge in [0.25, 0.3) is 0 Å². The van der Waals surface area contributed by atoms with Crippen molar-refractivity contribution in [1.29, 1.82) is 0 Å². The molecule has 0 amide bonds. The molecule has 5 heteroatoms. The first-order valence-electron chi connectivity index (χ1n) is 28.0. The number of ether oxygens (including phenoxy) is 2. The number of hydrogen-bond donors (Lipinski definition) is 1. The van der Waals surface area contributed by atoms with Crippen LogP contribution in [-0.4, -0.2) is 36.4 Å². The Kier molecular flexibility index (Phi) is 55.1. The van der Waals surface area contributed by atoms with Crippen LogP contribution >= 0.6 is 0 Å². The molecule has 0 bridgehead atoms. The van der Waals surface area contributed by atoms with E-state index < -0.39 is 6.10 Å². The molecule has 1 atom stereocenters. The van der Waals surface area contributed by atoms with E-state index in [1.807, 2.05) is 0 Å². The van der Waals surface area contributed by atoms with E-state index >= 15 is 0 Å². The standard InChI is InChI=1S/C65H102O5/c1-3-5-7-9-11-13-15-17-19-20-21-22-23-24-25-26-27-28-29-30-31-32-33-34-35-36-37-38-39-40-41-42-43-44-46-48-50-52-54-56-58-60-65(68)70-63(61-66)62-69-64(67)59-57-55-53-51-49-47-45-18-16-14-12-10-8-6-4-2/h5,7,11-14,17-19,21-22,24-25,27-28,30-31,33-34,36-37,39-40,42-43,45,63,66H,3-4,6,8-10,15-16,20,23,26,29,32,35,38,41,44,46-62H2,1-2H3/b7-5-,13-11-,14-12-,19-17-,22-21-,25-24-,28-27-,31-30-,34-33-,37-36-,40-39-,43-42-,45-18-. The molecule has 0 radical (unpaired) electrons. The fourth-order valence-corrected chi connectivity index (χ4v) is 7.12. The highest BCUT2D eigenvalue weighted by molar-refractivity contribution is 5.70. The summed E-state index contributed by atoms with van der Waals surface area (Å²) >= 11 is 0. The lowest BCUT2D eigenvalue weighted by atomic mass is 10.1. The van der Waals surface area contributed by atoms with Gasteiger partial charge in [0.2, 0.25) is 0 Å². The molecule has 1 unspecified atom stereocenters. The van der Waals surface area contributed by atoms with Gasteiger partial charge >= 0.3 is 11.9 Å². The predicted molar refractivity (Wildman–Crippen MR) is 306 cm³/mol. The third-order valence-electron chi connectivity index (χ3n) is 11.3. The van der Waals surface area contributed by atoms with Crippen LogP contribution in [0.25, 0.3) is 0 Å². The number of carbonyl (C=O) groups excluding carboxylic acids is 2. The van der Waals surface area contributed by atoms with Crippen LogP contribution < -0.4 is 0 Å². The summed E-state index contributed by atoms with van der Waals surface area (Å²) in [5.74, 6) is -0.630. The van der Waals surface area contributed by atoms with Crippen molar-refractivity contribution in [1.82, 2.24) is 0 Å². The number of esters is 2. The second kappa shape index (κ2) is 58.8. The molecule has 0 aliphatic carbocycles. The van der Waals surface area contributed by atoms with Crippen molar-refractivity contribution in [3.05, 3.63) is 158 Å². The number of hydrogen-bond acceptors (Lipinski definition) is 5. The van der Waals surface area contributed by atoms with Crippen LogP contribution in [0.15, 0.2) is 158 Å². The molecule has 0 aliphatic heterocycles. The van der Waals surface area contributed by atoms with Crippen molar-refractivity contribution in [2.45, 2.75) is 225 Å². The summed E-state index contributed by atoms with van der Waals surface area (Å²) in [6.45, 7) is 3.96. The lowest BCUT2D eigenvalue weighted by molar-refractivity contribution is -0.161. The maximum absolute atomic E-state index is 12.3. The van der Waals surface area contributed by atoms with Gasteiger partial charge in [-0.25, -0.2) is 0 Å². The average Bonchev–Trinajstić information content (AvgIpc) is 3.36. The highest BCUT2D eigenvalue weighted by Crippen LogP contribution is 2.13. The Bertz CT molecular complexity index is 1560. The third kappa shape index (κ3) is 56.1. The Morgan fingerprint density at radius 2 is 0.614 bits per heavy atom. The van der Waals surface area contributed by atoms with E-state index in [-0.39, 0.29) is 25.2 Å². The van der Waals surface area contributed by atoms with Crippen LogP contribution in [0.2, 0.25) is 0 Å². The Hall–Kier alpha value is -4.48. The van der Waals surface area contributed by atoms with Crippen molar-refractivity contribution in [2.24, 2.45) is 0 Å². The molecule has 0 fully saturated rings. The van der Waals surface area contributed by atoms with Gasteiger partial charge in [0, 0.05) is 12.8 Å². The number of rotatable bonds is 49. The molecular formula is C65H102O5. The summed E-state index contributed by atoms with van der Waals surface area (Å²) in [4.78, 5) is 24.4. The molecule has 0 rings (SSSR count). The molecule has 5 nitrogen and oxygen atoms in total. The maximum Gasteiger partial charge on any atom is 0.306 e. The van der Waals surface area contributed by atoms with Crippen molar-refractivity contribution in [2.75, 3.05) is 13.2 Å². The number of aliphatic hydroxyl groups excluding tert-OH is 1. The first-order valence-corrected chi connectivity index (χ1v) is 28.0. The Morgan fingerprint density at radius 3 is 0.929 bits per heavy atom. The van der Waals surface area contributed by atoms with Crippen LogP contribution in [0, 0.1) is 0 Å². The summed E-state index contributed by atoms with van der Waals surface area (Å²) in [5.41, 5.74) is 0. The second-order valence-corrected chi connectivity index (χ2v) is 17.9. The van der Waals surface area contributed by atoms with E-state index in [9.17, 15) is 14.7 Å². The lowest BCUT2D eigenvalue weighted by Crippen LogP contribution is -2.28. The fourth-order valence-electron chi connectivity index (χ4n) is 7.12. The Balaban J connectivity index is 3.65. The van der Waals surface area contributed by atoms with E-state index in [4.69, 9.17) is 9.47 Å². The topological polar surface area (TPSA) is 72.8 Å². The van der Waals surface area contributed by atoms with Crippen molar-refractivity contribution in [3.63, 3.8) is 0 Å². The number of allylic oxidation sites excluding steroid dienone is 26. The number of aliphatic hydroxyl groups is 1. The van der Waals surface area contributed by atoms with Gasteiger partial charge in [0.05, 0.1) is 6.61 Å². The van der Waals surface area contributed by atoms with Gasteiger partial charge in [0.15, 0.2) is 6.10 Å². The Labute approximate surface area is 430 Å². The smallest absolute Gasteiger partial charge is 0.306 e. The first-order chi connectivity index (χ1) is 34.6. The van der Waals surface area contributed by atoms with E-state index in [2.05, 4.69) is 172 Å². The van der Waals surface area contributed by atoms with Crippen molar-refractivity contribution >= 4 is 11.9 Å². The average molecular weight is 964 g/mol. The third-order valence-corrected chi connectivity index (χ3v) is 11.3. The van der Waals surface area contributed by atoms with Gasteiger partial charge in [-0.05, 0) is 128 Å². The van der Waals surface area contributed by atoms with Gasteiger partial charge in [-0.3, -0.25) is 9.59 Å². The van der Waals surface area contributed by atoms with E-state index in [0.717, 1.165) is 135 Å². The zero-order valence-corrected chi connectivity index (χ0v) is 44.7. The zero-order chi connectivity index (χ0) is 50.6. The summed E-state index contributed by atoms with van der Waals surface area (Å²) in [6.07, 6.45) is 90.6. The minimum atomic E-state index is -0.795. The summed E-state index contributed by atoms with van der Waals surface area (Å²) in [6, 6.07) is 0. The summed E-state index contributed by atoms with van der Waals surface area (Å²) in [5, 5.41) is 9.62. The number of unbranched alkanes of at least 4 members (excludes halogenated alkanes) is 15. The minimum Gasteiger partial charge on any atom is -0.462 e. The monoisotopic (exact) mass is 963 g/mol. The maximum atomic E-state index is 12.3. The van der Waals surface area contributed by atoms with E-state index in [0.29, 0.717) is 12.8 Å². The van der Waals surface area contributed by atoms with Gasteiger partial charge in [-0.15, -0.1) is 0 Å². The lowest BCUT2D eigenvalue weighted by Gasteiger charge is -2.15. The molecule has 0 aromatic rings. The summed E-state index contributed by atoms with van der Waals surface area (Å²) < 4.78 is 10.6. The predicted octanol–water partition coefficient (Wildman–Crippen LogP) is 19.2. The van der Waals surface area contributed by atoms with Crippen LogP contribution in [-0.2, 0) is 19.1 Å². The second-order valence-electron chi connectivity index (χ2n) is 17.9. The highest BCUT2D eigenvalue weighted by Gasteiger charge is 2.16. The van der Waals surface area contributed by atoms with Crippen LogP contribution in [0.3, 0.4) is 0 Å². The van der Waals surface area contributed by atoms with Crippen LogP contribution in [0.1, 0.15) is 219 Å². The van der Waals surface area contributed by atoms with Gasteiger partial charge < -0.3 is 14.6 Å². The molecule has 0 spiro atoms. The molecule has 0 aliphatic rings. The van der Waals surface area contributed by atoms with E-state index in [1.54, 1.807) is 0 Å². The van der Waals surface area contributed by atoms with Gasteiger partial charge in [-0.1, -0.05) is 236 Å². The zero-order valence-electron chi connectivity index (χ0n) is 44.7. The molecule has 392 valence electrons. The van der Waals surface area contributed by atoms with Gasteiger partial charge in [-0.2, -0.15) is 0 Å². The molecule has 0 aromatic carbocycles. The summed E-state index contributed by atoms with van der Waals surface area (Å²) in [7, 11) is 0. The molecule has 0 saturated carbocycles. The van der Waals surface area contributed by atoms with Crippen molar-refractivity contribution in [3.8, 4) is 0 Å². The normalized spacial score (nSPS) is 13.5. The van der Waals surface area contributed by atoms with Crippen LogP contribution in [0.5, 0.6) is 0 Å². The van der Waals surface area contributed by atoms with Gasteiger partial charge in [0.1, 0.15) is 6.61 Å². The molecule has 70 heavy (non-hydrogen) atoms. The molecule has 0 heterocycles. The van der Waals surface area contributed by atoms with E-state index in [1.165, 1.54) is 57.8 Å². The molecule has 0 aromatic heterocycles. The molecule has 0 saturated heterocycles. The quantitative estimate of drug-likeness (QED) is 0.0374. The number of carbonyl (C=O) groups is 2. The molecular weight excluding hydrogens is 861 g/mol. The molecule has 1 N–H and O–H groups in total. The largest absolute Gasteiger partial charge is 0.462 e. The highest BCUT2D eigenvalue weighted by atomic mass is 16.6. The minimum absolute atomic E-state index is 0.0867.